The van der Waals surface area contributed by atoms with Crippen molar-refractivity contribution >= 4 is 10.8 Å². The highest BCUT2D eigenvalue weighted by atomic mass is 16.5. The molecule has 1 atom stereocenters. The smallest absolute Gasteiger partial charge is 0.119 e. The number of hydrogen-bond acceptors (Lipinski definition) is 2. The number of hydrogen-bond donors (Lipinski definition) is 1. The van der Waals surface area contributed by atoms with Gasteiger partial charge in [-0.1, -0.05) is 24.6 Å². The lowest BCUT2D eigenvalue weighted by atomic mass is 9.91. The molecule has 19 heavy (non-hydrogen) atoms. The molecule has 2 aromatic carbocycles. The van der Waals surface area contributed by atoms with Crippen molar-refractivity contribution in [3.8, 4) is 5.75 Å². The molecule has 1 aliphatic carbocycles. The van der Waals surface area contributed by atoms with Crippen LogP contribution in [0.1, 0.15) is 37.8 Å². The van der Waals surface area contributed by atoms with Gasteiger partial charge < -0.3 is 10.1 Å². The summed E-state index contributed by atoms with van der Waals surface area (Å²) in [7, 11) is 1.71. The van der Waals surface area contributed by atoms with Crippen molar-refractivity contribution in [1.82, 2.24) is 5.32 Å². The standard InChI is InChI=1S/C17H21NO/c1-12(18-16-4-3-5-16)13-6-7-15-11-17(19-2)9-8-14(15)10-13/h6-12,16,18H,3-5H2,1-2H3. The zero-order valence-electron chi connectivity index (χ0n) is 11.6. The van der Waals surface area contributed by atoms with E-state index in [9.17, 15) is 0 Å². The van der Waals surface area contributed by atoms with E-state index in [2.05, 4.69) is 42.6 Å². The first-order valence-electron chi connectivity index (χ1n) is 7.10. The van der Waals surface area contributed by atoms with E-state index in [1.54, 1.807) is 7.11 Å². The molecule has 1 saturated carbocycles. The molecule has 0 heterocycles. The predicted octanol–water partition coefficient (Wildman–Crippen LogP) is 4.05. The minimum atomic E-state index is 0.428. The van der Waals surface area contributed by atoms with Gasteiger partial charge in [-0.2, -0.15) is 0 Å². The number of fused-ring (bicyclic) bond motifs is 1. The van der Waals surface area contributed by atoms with E-state index in [1.807, 2.05) is 6.07 Å². The van der Waals surface area contributed by atoms with Crippen LogP contribution >= 0.6 is 0 Å². The third kappa shape index (κ3) is 2.59. The molecule has 0 aromatic heterocycles. The van der Waals surface area contributed by atoms with Gasteiger partial charge in [0.1, 0.15) is 5.75 Å². The summed E-state index contributed by atoms with van der Waals surface area (Å²) in [6.45, 7) is 2.25. The molecule has 1 fully saturated rings. The molecule has 0 bridgehead atoms. The Labute approximate surface area is 114 Å². The van der Waals surface area contributed by atoms with Crippen LogP contribution in [0.4, 0.5) is 0 Å². The molecule has 0 amide bonds. The molecule has 0 spiro atoms. The molecule has 3 rings (SSSR count). The van der Waals surface area contributed by atoms with Crippen molar-refractivity contribution < 1.29 is 4.74 Å². The van der Waals surface area contributed by atoms with Crippen LogP contribution in [0, 0.1) is 0 Å². The van der Waals surface area contributed by atoms with Gasteiger partial charge in [0.25, 0.3) is 0 Å². The molecule has 1 unspecified atom stereocenters. The van der Waals surface area contributed by atoms with Gasteiger partial charge in [0.15, 0.2) is 0 Å². The largest absolute Gasteiger partial charge is 0.497 e. The van der Waals surface area contributed by atoms with Crippen LogP contribution in [-0.4, -0.2) is 13.2 Å². The highest BCUT2D eigenvalue weighted by Crippen LogP contribution is 2.26. The first-order valence-corrected chi connectivity index (χ1v) is 7.10. The molecule has 100 valence electrons. The summed E-state index contributed by atoms with van der Waals surface area (Å²) in [4.78, 5) is 0. The number of benzene rings is 2. The normalized spacial score (nSPS) is 17.2. The fraction of sp³-hybridized carbons (Fsp3) is 0.412. The fourth-order valence-electron chi connectivity index (χ4n) is 2.66. The monoisotopic (exact) mass is 255 g/mol. The van der Waals surface area contributed by atoms with Crippen molar-refractivity contribution in [3.63, 3.8) is 0 Å². The maximum atomic E-state index is 5.26. The average molecular weight is 255 g/mol. The summed E-state index contributed by atoms with van der Waals surface area (Å²) in [5.41, 5.74) is 1.37. The minimum Gasteiger partial charge on any atom is -0.497 e. The van der Waals surface area contributed by atoms with Gasteiger partial charge in [-0.15, -0.1) is 0 Å². The van der Waals surface area contributed by atoms with Crippen LogP contribution in [0.3, 0.4) is 0 Å². The average Bonchev–Trinajstić information content (AvgIpc) is 2.41. The molecule has 0 radical (unpaired) electrons. The van der Waals surface area contributed by atoms with Gasteiger partial charge in [0.2, 0.25) is 0 Å². The second-order valence-electron chi connectivity index (χ2n) is 5.49. The maximum absolute atomic E-state index is 5.26. The first-order chi connectivity index (χ1) is 9.26. The zero-order valence-corrected chi connectivity index (χ0v) is 11.6. The van der Waals surface area contributed by atoms with Crippen molar-refractivity contribution in [2.24, 2.45) is 0 Å². The van der Waals surface area contributed by atoms with E-state index in [1.165, 1.54) is 35.6 Å². The predicted molar refractivity (Wildman–Crippen MR) is 79.7 cm³/mol. The van der Waals surface area contributed by atoms with E-state index >= 15 is 0 Å². The van der Waals surface area contributed by atoms with Crippen molar-refractivity contribution in [1.29, 1.82) is 0 Å². The Morgan fingerprint density at radius 1 is 1.11 bits per heavy atom. The van der Waals surface area contributed by atoms with E-state index in [4.69, 9.17) is 4.74 Å². The summed E-state index contributed by atoms with van der Waals surface area (Å²) in [6, 6.07) is 14.1. The van der Waals surface area contributed by atoms with Crippen LogP contribution < -0.4 is 10.1 Å². The lowest BCUT2D eigenvalue weighted by Crippen LogP contribution is -2.36. The lowest BCUT2D eigenvalue weighted by Gasteiger charge is -2.30. The third-order valence-corrected chi connectivity index (χ3v) is 4.16. The Morgan fingerprint density at radius 2 is 1.84 bits per heavy atom. The Kier molecular flexibility index (Phi) is 3.43. The van der Waals surface area contributed by atoms with Crippen LogP contribution in [-0.2, 0) is 0 Å². The van der Waals surface area contributed by atoms with Gasteiger partial charge in [0.05, 0.1) is 7.11 Å². The number of rotatable bonds is 4. The Balaban J connectivity index is 1.84. The number of ether oxygens (including phenoxy) is 1. The summed E-state index contributed by atoms with van der Waals surface area (Å²) in [6.07, 6.45) is 4.03. The van der Waals surface area contributed by atoms with Gasteiger partial charge in [-0.25, -0.2) is 0 Å². The quantitative estimate of drug-likeness (QED) is 0.890. The van der Waals surface area contributed by atoms with Crippen LogP contribution in [0.15, 0.2) is 36.4 Å². The molecule has 2 heteroatoms. The Hall–Kier alpha value is -1.54. The number of nitrogens with one attached hydrogen (secondary N) is 1. The SMILES string of the molecule is COc1ccc2cc(C(C)NC3CCC3)ccc2c1. The topological polar surface area (TPSA) is 21.3 Å². The van der Waals surface area contributed by atoms with Gasteiger partial charge >= 0.3 is 0 Å². The van der Waals surface area contributed by atoms with E-state index in [0.717, 1.165) is 11.8 Å². The molecule has 1 N–H and O–H groups in total. The van der Waals surface area contributed by atoms with Gasteiger partial charge in [-0.05, 0) is 54.3 Å². The molecule has 0 saturated heterocycles. The lowest BCUT2D eigenvalue weighted by molar-refractivity contribution is 0.313. The summed E-state index contributed by atoms with van der Waals surface area (Å²) >= 11 is 0. The van der Waals surface area contributed by atoms with Gasteiger partial charge in [0, 0.05) is 12.1 Å². The molecule has 2 aromatic rings. The first kappa shape index (κ1) is 12.5. The third-order valence-electron chi connectivity index (χ3n) is 4.16. The highest BCUT2D eigenvalue weighted by molar-refractivity contribution is 5.84. The summed E-state index contributed by atoms with van der Waals surface area (Å²) in [5.74, 6) is 0.917. The Bertz CT molecular complexity index is 574. The second-order valence-corrected chi connectivity index (χ2v) is 5.49. The highest BCUT2D eigenvalue weighted by Gasteiger charge is 2.19. The summed E-state index contributed by atoms with van der Waals surface area (Å²) < 4.78 is 5.26. The maximum Gasteiger partial charge on any atom is 0.119 e. The van der Waals surface area contributed by atoms with E-state index in [0.29, 0.717) is 6.04 Å². The van der Waals surface area contributed by atoms with Crippen LogP contribution in [0.25, 0.3) is 10.8 Å². The van der Waals surface area contributed by atoms with Crippen LogP contribution in [0.5, 0.6) is 5.75 Å². The van der Waals surface area contributed by atoms with E-state index in [-0.39, 0.29) is 0 Å². The Morgan fingerprint density at radius 3 is 2.53 bits per heavy atom. The van der Waals surface area contributed by atoms with Crippen molar-refractivity contribution in [2.75, 3.05) is 7.11 Å². The summed E-state index contributed by atoms with van der Waals surface area (Å²) in [5, 5.41) is 6.21. The molecular weight excluding hydrogens is 234 g/mol. The van der Waals surface area contributed by atoms with Crippen molar-refractivity contribution in [2.45, 2.75) is 38.3 Å². The molecule has 1 aliphatic rings. The van der Waals surface area contributed by atoms with E-state index < -0.39 is 0 Å². The van der Waals surface area contributed by atoms with Crippen molar-refractivity contribution in [3.05, 3.63) is 42.0 Å². The molecule has 0 aliphatic heterocycles. The molecular formula is C17H21NO. The fourth-order valence-corrected chi connectivity index (χ4v) is 2.66. The second kappa shape index (κ2) is 5.22. The number of methoxy groups -OCH3 is 1. The zero-order chi connectivity index (χ0) is 13.2. The van der Waals surface area contributed by atoms with Crippen LogP contribution in [0.2, 0.25) is 0 Å². The minimum absolute atomic E-state index is 0.428. The molecule has 2 nitrogen and oxygen atoms in total. The van der Waals surface area contributed by atoms with Gasteiger partial charge in [-0.3, -0.25) is 0 Å².